The van der Waals surface area contributed by atoms with Gasteiger partial charge in [0, 0.05) is 12.6 Å². The Morgan fingerprint density at radius 1 is 0.929 bits per heavy atom. The Labute approximate surface area is 249 Å². The van der Waals surface area contributed by atoms with E-state index in [4.69, 9.17) is 4.74 Å². The number of nitrogens with zero attached hydrogens (tertiary/aromatic N) is 2. The first-order chi connectivity index (χ1) is 20.2. The molecule has 224 valence electrons. The minimum atomic E-state index is -4.09. The van der Waals surface area contributed by atoms with Crippen LogP contribution in [0.25, 0.3) is 0 Å². The number of anilines is 1. The second-order valence-electron chi connectivity index (χ2n) is 10.7. The van der Waals surface area contributed by atoms with Crippen LogP contribution < -0.4 is 14.4 Å². The number of nitrogens with one attached hydrogen (secondary N) is 1. The summed E-state index contributed by atoms with van der Waals surface area (Å²) in [5, 5.41) is 3.17. The van der Waals surface area contributed by atoms with E-state index in [9.17, 15) is 18.0 Å². The van der Waals surface area contributed by atoms with Gasteiger partial charge in [-0.15, -0.1) is 0 Å². The average Bonchev–Trinajstić information content (AvgIpc) is 3.01. The van der Waals surface area contributed by atoms with E-state index in [0.717, 1.165) is 42.0 Å². The maximum Gasteiger partial charge on any atom is 0.264 e. The van der Waals surface area contributed by atoms with Crippen molar-refractivity contribution in [1.82, 2.24) is 10.2 Å². The van der Waals surface area contributed by atoms with E-state index < -0.39 is 28.5 Å². The van der Waals surface area contributed by atoms with Gasteiger partial charge in [-0.05, 0) is 67.6 Å². The number of amides is 2. The molecule has 42 heavy (non-hydrogen) atoms. The van der Waals surface area contributed by atoms with Gasteiger partial charge in [0.1, 0.15) is 18.3 Å². The second kappa shape index (κ2) is 14.4. The summed E-state index contributed by atoms with van der Waals surface area (Å²) in [6.07, 6.45) is 5.53. The molecule has 1 aliphatic rings. The molecule has 2 amide bonds. The van der Waals surface area contributed by atoms with Crippen LogP contribution in [0.2, 0.25) is 0 Å². The second-order valence-corrected chi connectivity index (χ2v) is 12.6. The van der Waals surface area contributed by atoms with Crippen LogP contribution in [0.5, 0.6) is 5.75 Å². The molecular weight excluding hydrogens is 550 g/mol. The molecule has 4 rings (SSSR count). The predicted octanol–water partition coefficient (Wildman–Crippen LogP) is 5.46. The minimum absolute atomic E-state index is 0.0835. The number of carbonyl (C=O) groups is 2. The van der Waals surface area contributed by atoms with Crippen LogP contribution in [0.15, 0.2) is 83.8 Å². The fraction of sp³-hybridized carbons (Fsp3) is 0.394. The first-order valence-electron chi connectivity index (χ1n) is 14.6. The fourth-order valence-electron chi connectivity index (χ4n) is 5.47. The quantitative estimate of drug-likeness (QED) is 0.302. The molecule has 0 aliphatic heterocycles. The van der Waals surface area contributed by atoms with Gasteiger partial charge in [-0.2, -0.15) is 0 Å². The highest BCUT2D eigenvalue weighted by atomic mass is 32.2. The van der Waals surface area contributed by atoms with Gasteiger partial charge in [0.2, 0.25) is 11.8 Å². The lowest BCUT2D eigenvalue weighted by Gasteiger charge is -2.34. The molecule has 0 bridgehead atoms. The molecule has 1 fully saturated rings. The molecule has 1 saturated carbocycles. The van der Waals surface area contributed by atoms with E-state index in [2.05, 4.69) is 5.32 Å². The maximum absolute atomic E-state index is 14.3. The average molecular weight is 592 g/mol. The molecule has 9 heteroatoms. The molecular formula is C33H41N3O5S. The van der Waals surface area contributed by atoms with Crippen molar-refractivity contribution < 1.29 is 22.7 Å². The van der Waals surface area contributed by atoms with E-state index in [0.29, 0.717) is 23.4 Å². The Kier molecular flexibility index (Phi) is 10.6. The first-order valence-corrected chi connectivity index (χ1v) is 16.0. The topological polar surface area (TPSA) is 96.0 Å². The third-order valence-electron chi connectivity index (χ3n) is 7.84. The van der Waals surface area contributed by atoms with Crippen molar-refractivity contribution in [2.24, 2.45) is 0 Å². The number of para-hydroxylation sites is 1. The van der Waals surface area contributed by atoms with Crippen LogP contribution >= 0.6 is 0 Å². The summed E-state index contributed by atoms with van der Waals surface area (Å²) in [5.41, 5.74) is 1.94. The summed E-state index contributed by atoms with van der Waals surface area (Å²) in [4.78, 5) is 29.5. The third-order valence-corrected chi connectivity index (χ3v) is 9.62. The number of carbonyl (C=O) groups excluding carboxylic acids is 2. The molecule has 0 radical (unpaired) electrons. The molecule has 1 N–H and O–H groups in total. The largest absolute Gasteiger partial charge is 0.497 e. The van der Waals surface area contributed by atoms with E-state index >= 15 is 0 Å². The number of rotatable bonds is 12. The monoisotopic (exact) mass is 591 g/mol. The van der Waals surface area contributed by atoms with Crippen molar-refractivity contribution >= 4 is 27.5 Å². The van der Waals surface area contributed by atoms with Gasteiger partial charge in [0.05, 0.1) is 17.7 Å². The van der Waals surface area contributed by atoms with Crippen LogP contribution in [-0.2, 0) is 26.2 Å². The molecule has 3 aromatic rings. The lowest BCUT2D eigenvalue weighted by Crippen LogP contribution is -2.54. The Morgan fingerprint density at radius 2 is 1.57 bits per heavy atom. The van der Waals surface area contributed by atoms with Crippen LogP contribution in [0, 0.1) is 6.92 Å². The van der Waals surface area contributed by atoms with Gasteiger partial charge in [-0.1, -0.05) is 74.7 Å². The highest BCUT2D eigenvalue weighted by Gasteiger charge is 2.34. The molecule has 1 aliphatic carbocycles. The number of aryl methyl sites for hydroxylation is 1. The zero-order valence-electron chi connectivity index (χ0n) is 24.7. The highest BCUT2D eigenvalue weighted by Crippen LogP contribution is 2.28. The van der Waals surface area contributed by atoms with Crippen molar-refractivity contribution in [3.63, 3.8) is 0 Å². The Bertz CT molecular complexity index is 1440. The van der Waals surface area contributed by atoms with Gasteiger partial charge in [0.15, 0.2) is 0 Å². The number of ether oxygens (including phenoxy) is 1. The third kappa shape index (κ3) is 7.50. The molecule has 8 nitrogen and oxygen atoms in total. The normalized spacial score (nSPS) is 14.5. The van der Waals surface area contributed by atoms with E-state index in [1.54, 1.807) is 49.6 Å². The number of hydrogen-bond acceptors (Lipinski definition) is 5. The Morgan fingerprint density at radius 3 is 2.19 bits per heavy atom. The molecule has 0 saturated heterocycles. The highest BCUT2D eigenvalue weighted by molar-refractivity contribution is 7.92. The standard InChI is InChI=1S/C33H41N3O5S/c1-4-30(33(38)34-27-14-7-5-8-15-27)35(23-26-19-21-28(41-3)22-20-26)32(37)24-36(31-18-12-11-13-25(31)2)42(39,40)29-16-9-6-10-17-29/h6,9-13,16-22,27,30H,4-5,7-8,14-15,23-24H2,1-3H3,(H,34,38)/t30-/m1/s1. The zero-order valence-corrected chi connectivity index (χ0v) is 25.5. The Balaban J connectivity index is 1.70. The number of benzene rings is 3. The molecule has 1 atom stereocenters. The van der Waals surface area contributed by atoms with Gasteiger partial charge >= 0.3 is 0 Å². The summed E-state index contributed by atoms with van der Waals surface area (Å²) >= 11 is 0. The van der Waals surface area contributed by atoms with Gasteiger partial charge in [-0.25, -0.2) is 8.42 Å². The molecule has 0 unspecified atom stereocenters. The molecule has 0 heterocycles. The zero-order chi connectivity index (χ0) is 30.1. The maximum atomic E-state index is 14.3. The van der Waals surface area contributed by atoms with E-state index in [-0.39, 0.29) is 23.4 Å². The van der Waals surface area contributed by atoms with Crippen molar-refractivity contribution in [2.75, 3.05) is 18.0 Å². The first kappa shape index (κ1) is 31.1. The molecule has 3 aromatic carbocycles. The van der Waals surface area contributed by atoms with Crippen LogP contribution in [0.3, 0.4) is 0 Å². The van der Waals surface area contributed by atoms with Gasteiger partial charge < -0.3 is 15.0 Å². The van der Waals surface area contributed by atoms with E-state index in [1.165, 1.54) is 17.0 Å². The number of methoxy groups -OCH3 is 1. The van der Waals surface area contributed by atoms with Crippen molar-refractivity contribution in [1.29, 1.82) is 0 Å². The van der Waals surface area contributed by atoms with Crippen LogP contribution in [0.1, 0.15) is 56.6 Å². The van der Waals surface area contributed by atoms with Crippen LogP contribution in [0.4, 0.5) is 5.69 Å². The SMILES string of the molecule is CC[C@H](C(=O)NC1CCCCC1)N(Cc1ccc(OC)cc1)C(=O)CN(c1ccccc1C)S(=O)(=O)c1ccccc1. The number of sulfonamides is 1. The van der Waals surface area contributed by atoms with Gasteiger partial charge in [0.25, 0.3) is 10.0 Å². The summed E-state index contributed by atoms with van der Waals surface area (Å²) in [7, 11) is -2.51. The summed E-state index contributed by atoms with van der Waals surface area (Å²) < 4.78 is 34.4. The van der Waals surface area contributed by atoms with Crippen LogP contribution in [-0.4, -0.2) is 50.9 Å². The minimum Gasteiger partial charge on any atom is -0.497 e. The lowest BCUT2D eigenvalue weighted by atomic mass is 9.95. The lowest BCUT2D eigenvalue weighted by molar-refractivity contribution is -0.140. The van der Waals surface area contributed by atoms with E-state index in [1.807, 2.05) is 38.1 Å². The molecule has 0 spiro atoms. The number of hydrogen-bond donors (Lipinski definition) is 1. The van der Waals surface area contributed by atoms with Crippen molar-refractivity contribution in [2.45, 2.75) is 75.9 Å². The van der Waals surface area contributed by atoms with Gasteiger partial charge in [-0.3, -0.25) is 13.9 Å². The van der Waals surface area contributed by atoms with Crippen molar-refractivity contribution in [3.8, 4) is 5.75 Å². The molecule has 0 aromatic heterocycles. The predicted molar refractivity (Wildman–Crippen MR) is 165 cm³/mol. The smallest absolute Gasteiger partial charge is 0.264 e. The van der Waals surface area contributed by atoms with Crippen molar-refractivity contribution in [3.05, 3.63) is 90.0 Å². The Hall–Kier alpha value is -3.85. The summed E-state index contributed by atoms with van der Waals surface area (Å²) in [5.74, 6) is 0.0113. The summed E-state index contributed by atoms with van der Waals surface area (Å²) in [6.45, 7) is 3.38. The fourth-order valence-corrected chi connectivity index (χ4v) is 6.97. The summed E-state index contributed by atoms with van der Waals surface area (Å²) in [6, 6.07) is 21.8.